The molecule has 0 saturated carbocycles. The quantitative estimate of drug-likeness (QED) is 0.736. The van der Waals surface area contributed by atoms with Gasteiger partial charge in [-0.3, -0.25) is 0 Å². The van der Waals surface area contributed by atoms with Crippen LogP contribution in [-0.2, 0) is 12.8 Å². The number of benzene rings is 1. The third kappa shape index (κ3) is 1.58. The summed E-state index contributed by atoms with van der Waals surface area (Å²) in [5, 5.41) is 2.44. The Balaban J connectivity index is 2.26. The molecular weight excluding hydrogens is 178 g/mol. The predicted molar refractivity (Wildman–Crippen MR) is 53.6 cm³/mol. The highest BCUT2D eigenvalue weighted by molar-refractivity contribution is 5.70. The molecule has 0 unspecified atom stereocenters. The van der Waals surface area contributed by atoms with Crippen molar-refractivity contribution in [2.45, 2.75) is 19.3 Å². The monoisotopic (exact) mass is 191 g/mol. The molecule has 0 aliphatic heterocycles. The molecule has 0 heterocycles. The van der Waals surface area contributed by atoms with Gasteiger partial charge in [-0.15, -0.1) is 0 Å². The van der Waals surface area contributed by atoms with E-state index in [1.165, 1.54) is 11.1 Å². The van der Waals surface area contributed by atoms with E-state index in [4.69, 9.17) is 4.74 Å². The summed E-state index contributed by atoms with van der Waals surface area (Å²) in [6.45, 7) is 0. The number of aryl methyl sites for hydroxylation is 1. The average Bonchev–Trinajstić information content (AvgIpc) is 2.66. The van der Waals surface area contributed by atoms with Gasteiger partial charge in [0.1, 0.15) is 5.75 Å². The van der Waals surface area contributed by atoms with Crippen molar-refractivity contribution in [3.05, 3.63) is 29.3 Å². The van der Waals surface area contributed by atoms with Crippen LogP contribution in [0.2, 0.25) is 0 Å². The summed E-state index contributed by atoms with van der Waals surface area (Å²) in [6.07, 6.45) is 2.87. The first-order valence-corrected chi connectivity index (χ1v) is 4.81. The number of fused-ring (bicyclic) bond motifs is 1. The van der Waals surface area contributed by atoms with E-state index >= 15 is 0 Å². The maximum absolute atomic E-state index is 11.0. The van der Waals surface area contributed by atoms with Gasteiger partial charge in [0.25, 0.3) is 0 Å². The lowest BCUT2D eigenvalue weighted by Gasteiger charge is -2.07. The Hall–Kier alpha value is -1.51. The highest BCUT2D eigenvalue weighted by atomic mass is 16.6. The molecule has 14 heavy (non-hydrogen) atoms. The lowest BCUT2D eigenvalue weighted by Crippen LogP contribution is -2.22. The topological polar surface area (TPSA) is 38.3 Å². The van der Waals surface area contributed by atoms with Gasteiger partial charge >= 0.3 is 6.09 Å². The molecule has 0 radical (unpaired) electrons. The molecule has 1 N–H and O–H groups in total. The summed E-state index contributed by atoms with van der Waals surface area (Å²) >= 11 is 0. The predicted octanol–water partition coefficient (Wildman–Crippen LogP) is 1.89. The van der Waals surface area contributed by atoms with Gasteiger partial charge in [-0.05, 0) is 36.5 Å². The van der Waals surface area contributed by atoms with Crippen LogP contribution in [0.4, 0.5) is 4.79 Å². The summed E-state index contributed by atoms with van der Waals surface area (Å²) < 4.78 is 5.16. The Labute approximate surface area is 83.1 Å². The van der Waals surface area contributed by atoms with Crippen LogP contribution in [-0.4, -0.2) is 13.1 Å². The second-order valence-corrected chi connectivity index (χ2v) is 3.39. The number of amides is 1. The average molecular weight is 191 g/mol. The second-order valence-electron chi connectivity index (χ2n) is 3.39. The molecule has 0 aromatic heterocycles. The molecule has 3 heteroatoms. The van der Waals surface area contributed by atoms with E-state index in [2.05, 4.69) is 11.4 Å². The number of ether oxygens (including phenoxy) is 1. The molecule has 0 atom stereocenters. The Morgan fingerprint density at radius 1 is 1.43 bits per heavy atom. The van der Waals surface area contributed by atoms with E-state index in [-0.39, 0.29) is 0 Å². The molecule has 1 aromatic rings. The second kappa shape index (κ2) is 3.70. The van der Waals surface area contributed by atoms with E-state index in [0.717, 1.165) is 19.3 Å². The summed E-state index contributed by atoms with van der Waals surface area (Å²) in [5.74, 6) is 0.708. The largest absolute Gasteiger partial charge is 0.412 e. The maximum atomic E-state index is 11.0. The fourth-order valence-corrected chi connectivity index (χ4v) is 1.83. The summed E-state index contributed by atoms with van der Waals surface area (Å²) in [5.41, 5.74) is 2.50. The molecule has 0 spiro atoms. The number of carbonyl (C=O) groups excluding carboxylic acids is 1. The first-order valence-electron chi connectivity index (χ1n) is 4.81. The zero-order chi connectivity index (χ0) is 9.97. The fraction of sp³-hybridized carbons (Fsp3) is 0.364. The summed E-state index contributed by atoms with van der Waals surface area (Å²) in [6, 6.07) is 5.88. The van der Waals surface area contributed by atoms with Gasteiger partial charge in [-0.25, -0.2) is 4.79 Å². The van der Waals surface area contributed by atoms with Gasteiger partial charge in [-0.2, -0.15) is 0 Å². The molecule has 0 fully saturated rings. The molecule has 1 amide bonds. The van der Waals surface area contributed by atoms with E-state index in [1.807, 2.05) is 12.1 Å². The van der Waals surface area contributed by atoms with Gasteiger partial charge in [0.2, 0.25) is 0 Å². The molecule has 74 valence electrons. The molecule has 1 aliphatic carbocycles. The lowest BCUT2D eigenvalue weighted by molar-refractivity contribution is 0.202. The summed E-state index contributed by atoms with van der Waals surface area (Å²) in [4.78, 5) is 11.0. The molecule has 1 aromatic carbocycles. The highest BCUT2D eigenvalue weighted by Crippen LogP contribution is 2.30. The third-order valence-electron chi connectivity index (χ3n) is 2.51. The Bertz CT molecular complexity index is 360. The van der Waals surface area contributed by atoms with E-state index in [9.17, 15) is 4.79 Å². The van der Waals surface area contributed by atoms with Crippen LogP contribution >= 0.6 is 0 Å². The maximum Gasteiger partial charge on any atom is 0.412 e. The molecule has 0 saturated heterocycles. The van der Waals surface area contributed by atoms with Crippen LogP contribution in [0.5, 0.6) is 5.75 Å². The third-order valence-corrected chi connectivity index (χ3v) is 2.51. The van der Waals surface area contributed by atoms with Crippen LogP contribution < -0.4 is 10.1 Å². The van der Waals surface area contributed by atoms with Crippen molar-refractivity contribution < 1.29 is 9.53 Å². The standard InChI is InChI=1S/C11H13NO2/c1-12-11(13)14-10-7-3-5-8-4-2-6-9(8)10/h3,5,7H,2,4,6H2,1H3,(H,12,13). The zero-order valence-electron chi connectivity index (χ0n) is 8.17. The van der Waals surface area contributed by atoms with Crippen LogP contribution in [0, 0.1) is 0 Å². The van der Waals surface area contributed by atoms with Crippen molar-refractivity contribution in [3.63, 3.8) is 0 Å². The van der Waals surface area contributed by atoms with Crippen molar-refractivity contribution in [2.75, 3.05) is 7.05 Å². The van der Waals surface area contributed by atoms with Gasteiger partial charge < -0.3 is 10.1 Å². The minimum Gasteiger partial charge on any atom is -0.410 e. The number of rotatable bonds is 1. The van der Waals surface area contributed by atoms with E-state index < -0.39 is 6.09 Å². The number of nitrogens with one attached hydrogen (secondary N) is 1. The Kier molecular flexibility index (Phi) is 2.39. The number of carbonyl (C=O) groups is 1. The van der Waals surface area contributed by atoms with Crippen molar-refractivity contribution in [3.8, 4) is 5.75 Å². The lowest BCUT2D eigenvalue weighted by atomic mass is 10.1. The Morgan fingerprint density at radius 2 is 2.29 bits per heavy atom. The number of hydrogen-bond donors (Lipinski definition) is 1. The number of hydrogen-bond acceptors (Lipinski definition) is 2. The van der Waals surface area contributed by atoms with Crippen LogP contribution in [0.3, 0.4) is 0 Å². The van der Waals surface area contributed by atoms with Crippen molar-refractivity contribution >= 4 is 6.09 Å². The van der Waals surface area contributed by atoms with Crippen LogP contribution in [0.1, 0.15) is 17.5 Å². The minimum absolute atomic E-state index is 0.398. The smallest absolute Gasteiger partial charge is 0.410 e. The van der Waals surface area contributed by atoms with Crippen molar-refractivity contribution in [2.24, 2.45) is 0 Å². The SMILES string of the molecule is CNC(=O)Oc1cccc2c1CCC2. The van der Waals surface area contributed by atoms with E-state index in [0.29, 0.717) is 5.75 Å². The molecule has 1 aliphatic rings. The Morgan fingerprint density at radius 3 is 3.07 bits per heavy atom. The van der Waals surface area contributed by atoms with Crippen molar-refractivity contribution in [1.82, 2.24) is 5.32 Å². The van der Waals surface area contributed by atoms with Gasteiger partial charge in [0, 0.05) is 7.05 Å². The molecule has 3 nitrogen and oxygen atoms in total. The summed E-state index contributed by atoms with van der Waals surface area (Å²) in [7, 11) is 1.56. The zero-order valence-corrected chi connectivity index (χ0v) is 8.17. The molecule has 0 bridgehead atoms. The van der Waals surface area contributed by atoms with Gasteiger partial charge in [0.05, 0.1) is 0 Å². The fourth-order valence-electron chi connectivity index (χ4n) is 1.83. The van der Waals surface area contributed by atoms with Crippen molar-refractivity contribution in [1.29, 1.82) is 0 Å². The van der Waals surface area contributed by atoms with Gasteiger partial charge in [-0.1, -0.05) is 12.1 Å². The first kappa shape index (κ1) is 9.06. The van der Waals surface area contributed by atoms with Gasteiger partial charge in [0.15, 0.2) is 0 Å². The van der Waals surface area contributed by atoms with Crippen LogP contribution in [0.15, 0.2) is 18.2 Å². The minimum atomic E-state index is -0.398. The first-order chi connectivity index (χ1) is 6.81. The molecular formula is C11H13NO2. The van der Waals surface area contributed by atoms with Crippen LogP contribution in [0.25, 0.3) is 0 Å². The highest BCUT2D eigenvalue weighted by Gasteiger charge is 2.16. The molecule has 2 rings (SSSR count). The normalized spacial score (nSPS) is 13.5. The van der Waals surface area contributed by atoms with E-state index in [1.54, 1.807) is 7.05 Å².